The van der Waals surface area contributed by atoms with Crippen molar-refractivity contribution in [1.29, 1.82) is 0 Å². The van der Waals surface area contributed by atoms with Gasteiger partial charge in [0.1, 0.15) is 0 Å². The Kier molecular flexibility index (Phi) is 5.29. The highest BCUT2D eigenvalue weighted by molar-refractivity contribution is 4.76. The first-order valence-corrected chi connectivity index (χ1v) is 3.35. The lowest BCUT2D eigenvalue weighted by atomic mass is 10.3. The van der Waals surface area contributed by atoms with Crippen molar-refractivity contribution in [3.63, 3.8) is 0 Å². The zero-order chi connectivity index (χ0) is 7.11. The van der Waals surface area contributed by atoms with E-state index in [1.165, 1.54) is 0 Å². The summed E-state index contributed by atoms with van der Waals surface area (Å²) in [5.74, 6) is 0. The highest BCUT2D eigenvalue weighted by Gasteiger charge is 1.86. The van der Waals surface area contributed by atoms with Crippen LogP contribution in [0.4, 0.5) is 0 Å². The molecule has 0 saturated carbocycles. The first-order chi connectivity index (χ1) is 4.27. The second-order valence-electron chi connectivity index (χ2n) is 2.31. The molecule has 52 valence electrons. The lowest BCUT2D eigenvalue weighted by Gasteiger charge is -2.03. The molecule has 0 rings (SSSR count). The molecule has 0 bridgehead atoms. The molecule has 9 heavy (non-hydrogen) atoms. The summed E-state index contributed by atoms with van der Waals surface area (Å²) in [6.07, 6.45) is 2.97. The lowest BCUT2D eigenvalue weighted by Crippen LogP contribution is -2.23. The highest BCUT2D eigenvalue weighted by Crippen LogP contribution is 1.80. The Labute approximate surface area is 57.5 Å². The van der Waals surface area contributed by atoms with Crippen LogP contribution in [0.15, 0.2) is 18.4 Å². The molecule has 0 aromatic carbocycles. The molecule has 0 spiro atoms. The van der Waals surface area contributed by atoms with Crippen LogP contribution in [-0.2, 0) is 0 Å². The average molecular weight is 125 g/mol. The molecule has 0 amide bonds. The summed E-state index contributed by atoms with van der Waals surface area (Å²) in [5, 5.41) is 3.28. The zero-order valence-corrected chi connectivity index (χ0v) is 6.28. The van der Waals surface area contributed by atoms with Crippen molar-refractivity contribution in [2.24, 2.45) is 0 Å². The molecule has 0 fully saturated rings. The van der Waals surface area contributed by atoms with Gasteiger partial charge in [0, 0.05) is 6.04 Å². The molecule has 0 aliphatic carbocycles. The minimum Gasteiger partial charge on any atom is -0.314 e. The van der Waals surface area contributed by atoms with Crippen LogP contribution in [0.25, 0.3) is 0 Å². The Bertz CT molecular complexity index is 99.1. The van der Waals surface area contributed by atoms with E-state index in [9.17, 15) is 0 Å². The van der Waals surface area contributed by atoms with Crippen molar-refractivity contribution in [3.05, 3.63) is 18.4 Å². The third-order valence-corrected chi connectivity index (χ3v) is 0.986. The number of hydrogen-bond acceptors (Lipinski definition) is 1. The molecule has 1 N–H and O–H groups in total. The van der Waals surface area contributed by atoms with Gasteiger partial charge < -0.3 is 5.32 Å². The van der Waals surface area contributed by atoms with Crippen LogP contribution in [0.1, 0.15) is 20.3 Å². The normalized spacial score (nSPS) is 9.22. The third kappa shape index (κ3) is 7.48. The number of nitrogens with one attached hydrogen (secondary N) is 1. The minimum atomic E-state index is 0.586. The van der Waals surface area contributed by atoms with E-state index < -0.39 is 0 Å². The highest BCUT2D eigenvalue weighted by atomic mass is 14.9. The molecule has 0 aromatic rings. The molecule has 0 aliphatic rings. The molecule has 1 nitrogen and oxygen atoms in total. The van der Waals surface area contributed by atoms with Gasteiger partial charge in [-0.05, 0) is 19.0 Å². The quantitative estimate of drug-likeness (QED) is 0.445. The van der Waals surface area contributed by atoms with E-state index in [4.69, 9.17) is 0 Å². The minimum absolute atomic E-state index is 0.586. The van der Waals surface area contributed by atoms with Crippen molar-refractivity contribution >= 4 is 0 Å². The predicted molar refractivity (Wildman–Crippen MR) is 41.5 cm³/mol. The maximum absolute atomic E-state index is 3.47. The first kappa shape index (κ1) is 8.48. The fourth-order valence-electron chi connectivity index (χ4n) is 0.546. The van der Waals surface area contributed by atoms with Gasteiger partial charge in [0.15, 0.2) is 0 Å². The maximum Gasteiger partial charge on any atom is 0.00105 e. The Balaban J connectivity index is 3.00. The van der Waals surface area contributed by atoms with Gasteiger partial charge in [0.05, 0.1) is 0 Å². The van der Waals surface area contributed by atoms with Crippen molar-refractivity contribution < 1.29 is 0 Å². The monoisotopic (exact) mass is 125 g/mol. The molecule has 1 heteroatoms. The fourth-order valence-corrected chi connectivity index (χ4v) is 0.546. The topological polar surface area (TPSA) is 12.0 Å². The molecular weight excluding hydrogens is 110 g/mol. The molecule has 0 heterocycles. The summed E-state index contributed by atoms with van der Waals surface area (Å²) in [7, 11) is 0. The molecular formula is C8H15N. The molecule has 0 radical (unpaired) electrons. The van der Waals surface area contributed by atoms with Crippen LogP contribution < -0.4 is 5.32 Å². The van der Waals surface area contributed by atoms with Crippen LogP contribution in [0, 0.1) is 0 Å². The summed E-state index contributed by atoms with van der Waals surface area (Å²) in [5.41, 5.74) is 2.73. The van der Waals surface area contributed by atoms with Gasteiger partial charge in [0.2, 0.25) is 0 Å². The summed E-state index contributed by atoms with van der Waals surface area (Å²) in [4.78, 5) is 0. The van der Waals surface area contributed by atoms with Gasteiger partial charge >= 0.3 is 0 Å². The predicted octanol–water partition coefficient (Wildman–Crippen LogP) is 1.72. The summed E-state index contributed by atoms with van der Waals surface area (Å²) in [6, 6.07) is 0.586. The van der Waals surface area contributed by atoms with Crippen LogP contribution >= 0.6 is 0 Å². The Hall–Kier alpha value is -0.520. The van der Waals surface area contributed by atoms with Crippen LogP contribution in [0.2, 0.25) is 0 Å². The average Bonchev–Trinajstić information content (AvgIpc) is 1.80. The second kappa shape index (κ2) is 5.61. The molecule has 0 aromatic heterocycles. The molecule has 0 aliphatic heterocycles. The molecule has 0 atom stereocenters. The van der Waals surface area contributed by atoms with Gasteiger partial charge in [-0.3, -0.25) is 0 Å². The van der Waals surface area contributed by atoms with E-state index >= 15 is 0 Å². The third-order valence-electron chi connectivity index (χ3n) is 0.986. The number of hydrogen-bond donors (Lipinski definition) is 1. The van der Waals surface area contributed by atoms with E-state index in [-0.39, 0.29) is 0 Å². The van der Waals surface area contributed by atoms with Crippen molar-refractivity contribution in [2.75, 3.05) is 6.54 Å². The van der Waals surface area contributed by atoms with Crippen LogP contribution in [-0.4, -0.2) is 12.6 Å². The van der Waals surface area contributed by atoms with Crippen molar-refractivity contribution in [1.82, 2.24) is 5.32 Å². The van der Waals surface area contributed by atoms with E-state index in [1.54, 1.807) is 0 Å². The number of rotatable bonds is 4. The maximum atomic E-state index is 3.47. The van der Waals surface area contributed by atoms with Gasteiger partial charge in [-0.1, -0.05) is 20.4 Å². The van der Waals surface area contributed by atoms with E-state index in [1.807, 2.05) is 6.08 Å². The molecule has 0 unspecified atom stereocenters. The molecule has 0 saturated heterocycles. The van der Waals surface area contributed by atoms with Crippen LogP contribution in [0.5, 0.6) is 0 Å². The van der Waals surface area contributed by atoms with Crippen molar-refractivity contribution in [2.45, 2.75) is 26.3 Å². The Morgan fingerprint density at radius 1 is 1.67 bits per heavy atom. The fraction of sp³-hybridized carbons (Fsp3) is 0.625. The Morgan fingerprint density at radius 2 is 2.33 bits per heavy atom. The summed E-state index contributed by atoms with van der Waals surface area (Å²) >= 11 is 0. The standard InChI is InChI=1S/C8H15N/c1-4-5-6-7-9-8(2)3/h5,8-9H,1,6-7H2,2-3H3. The van der Waals surface area contributed by atoms with Crippen molar-refractivity contribution in [3.8, 4) is 0 Å². The SMILES string of the molecule is C=C=CCCNC(C)C. The van der Waals surface area contributed by atoms with Gasteiger partial charge in [-0.15, -0.1) is 5.73 Å². The second-order valence-corrected chi connectivity index (χ2v) is 2.31. The van der Waals surface area contributed by atoms with Gasteiger partial charge in [-0.2, -0.15) is 0 Å². The van der Waals surface area contributed by atoms with E-state index in [2.05, 4.69) is 31.5 Å². The largest absolute Gasteiger partial charge is 0.314 e. The van der Waals surface area contributed by atoms with E-state index in [0.717, 1.165) is 13.0 Å². The Morgan fingerprint density at radius 3 is 2.78 bits per heavy atom. The van der Waals surface area contributed by atoms with E-state index in [0.29, 0.717) is 6.04 Å². The zero-order valence-electron chi connectivity index (χ0n) is 6.28. The van der Waals surface area contributed by atoms with Gasteiger partial charge in [-0.25, -0.2) is 0 Å². The van der Waals surface area contributed by atoms with Crippen LogP contribution in [0.3, 0.4) is 0 Å². The summed E-state index contributed by atoms with van der Waals surface area (Å²) in [6.45, 7) is 8.77. The smallest absolute Gasteiger partial charge is 0.00105 e. The summed E-state index contributed by atoms with van der Waals surface area (Å²) < 4.78 is 0. The first-order valence-electron chi connectivity index (χ1n) is 3.35. The van der Waals surface area contributed by atoms with Gasteiger partial charge in [0.25, 0.3) is 0 Å². The lowest BCUT2D eigenvalue weighted by molar-refractivity contribution is 0.595.